The number of benzene rings is 3. The van der Waals surface area contributed by atoms with Gasteiger partial charge in [-0.25, -0.2) is 18.6 Å². The van der Waals surface area contributed by atoms with Gasteiger partial charge in [0.05, 0.1) is 11.0 Å². The van der Waals surface area contributed by atoms with Crippen molar-refractivity contribution in [3.05, 3.63) is 118 Å². The van der Waals surface area contributed by atoms with Crippen molar-refractivity contribution >= 4 is 51.8 Å². The van der Waals surface area contributed by atoms with Gasteiger partial charge < -0.3 is 39.8 Å². The molecule has 3 aromatic carbocycles. The molecule has 0 aromatic heterocycles. The summed E-state index contributed by atoms with van der Waals surface area (Å²) in [5, 5.41) is 3.02. The number of hydrogen-bond donors (Lipinski definition) is 2. The molecular formula is C38H37N5O12S. The number of amides is 3. The van der Waals surface area contributed by atoms with Crippen molar-refractivity contribution in [3.8, 4) is 5.75 Å². The van der Waals surface area contributed by atoms with Crippen LogP contribution in [-0.4, -0.2) is 73.2 Å². The number of ether oxygens (including phenoxy) is 5. The van der Waals surface area contributed by atoms with Gasteiger partial charge in [-0.05, 0) is 56.5 Å². The highest BCUT2D eigenvalue weighted by Crippen LogP contribution is 2.36. The Balaban J connectivity index is 1.32. The van der Waals surface area contributed by atoms with E-state index in [0.29, 0.717) is 5.56 Å². The Hall–Kier alpha value is -6.65. The molecule has 0 aliphatic carbocycles. The third kappa shape index (κ3) is 9.52. The third-order valence-corrected chi connectivity index (χ3v) is 9.99. The van der Waals surface area contributed by atoms with Gasteiger partial charge in [0.25, 0.3) is 5.91 Å². The monoisotopic (exact) mass is 787 g/mol. The minimum atomic E-state index is -2.27. The normalized spacial score (nSPS) is 17.9. The Kier molecular flexibility index (Phi) is 12.8. The molecule has 3 aromatic rings. The highest BCUT2D eigenvalue weighted by atomic mass is 32.2. The number of hydrogen-bond acceptors (Lipinski definition) is 12. The molecule has 18 heteroatoms. The molecule has 0 saturated carbocycles. The van der Waals surface area contributed by atoms with Crippen molar-refractivity contribution in [2.24, 2.45) is 5.41 Å². The van der Waals surface area contributed by atoms with E-state index in [0.717, 1.165) is 10.5 Å². The Morgan fingerprint density at radius 1 is 0.857 bits per heavy atom. The topological polar surface area (TPSA) is 229 Å². The standard InChI is InChI=1S/C38H37N5O12S/c1-22-29(34(46)53-21-54-35(47)38(2,3)4)43-32(45)28(33(43)56(50)31(22)42-39)40-30(44)27(41-36(48)51-19-23-11-7-5-8-12-23)25-15-17-26(18-16-25)55-37(49)52-20-24-13-9-6-10-14-24/h5-18,27-28,33H,19-21H2,1-4H3,(H,40,44)(H,41,48)/t27?,28?,33-,56?/m1/s1. The number of esters is 2. The predicted molar refractivity (Wildman–Crippen MR) is 195 cm³/mol. The summed E-state index contributed by atoms with van der Waals surface area (Å²) in [7, 11) is -2.27. The number of alkyl carbamates (subject to hydrolysis) is 1. The van der Waals surface area contributed by atoms with Crippen LogP contribution in [-0.2, 0) is 62.1 Å². The van der Waals surface area contributed by atoms with Crippen LogP contribution in [0.4, 0.5) is 9.59 Å². The first-order chi connectivity index (χ1) is 26.7. The molecular weight excluding hydrogens is 751 g/mol. The second-order valence-electron chi connectivity index (χ2n) is 13.3. The molecule has 17 nitrogen and oxygen atoms in total. The third-order valence-electron chi connectivity index (χ3n) is 8.30. The van der Waals surface area contributed by atoms with Gasteiger partial charge in [0.15, 0.2) is 16.2 Å². The van der Waals surface area contributed by atoms with Crippen LogP contribution in [0.25, 0.3) is 5.53 Å². The summed E-state index contributed by atoms with van der Waals surface area (Å²) in [6, 6.07) is 20.0. The number of rotatable bonds is 12. The Morgan fingerprint density at radius 2 is 1.45 bits per heavy atom. The molecule has 56 heavy (non-hydrogen) atoms. The van der Waals surface area contributed by atoms with E-state index in [1.165, 1.54) is 31.2 Å². The summed E-state index contributed by atoms with van der Waals surface area (Å²) < 4.78 is 39.2. The maximum absolute atomic E-state index is 13.9. The molecule has 1 fully saturated rings. The van der Waals surface area contributed by atoms with Crippen LogP contribution in [0.5, 0.6) is 5.75 Å². The van der Waals surface area contributed by atoms with Crippen LogP contribution < -0.4 is 15.4 Å². The van der Waals surface area contributed by atoms with Crippen LogP contribution in [0.15, 0.2) is 96.2 Å². The fourth-order valence-electron chi connectivity index (χ4n) is 5.38. The first-order valence-electron chi connectivity index (χ1n) is 17.0. The number of nitrogens with zero attached hydrogens (tertiary/aromatic N) is 3. The summed E-state index contributed by atoms with van der Waals surface area (Å²) in [6.45, 7) is 5.06. The van der Waals surface area contributed by atoms with Crippen molar-refractivity contribution < 1.29 is 61.5 Å². The molecule has 4 atom stereocenters. The molecule has 5 rings (SSSR count). The van der Waals surface area contributed by atoms with Gasteiger partial charge in [0.2, 0.25) is 12.7 Å². The molecule has 0 radical (unpaired) electrons. The Morgan fingerprint density at radius 3 is 2.02 bits per heavy atom. The van der Waals surface area contributed by atoms with Crippen molar-refractivity contribution in [2.45, 2.75) is 58.4 Å². The molecule has 2 aliphatic heterocycles. The lowest BCUT2D eigenvalue weighted by molar-refractivity contribution is -0.173. The number of β-lactam (4-membered cyclic amide) rings is 1. The molecule has 292 valence electrons. The summed E-state index contributed by atoms with van der Waals surface area (Å²) in [5.41, 5.74) is 9.77. The predicted octanol–water partition coefficient (Wildman–Crippen LogP) is 3.78. The van der Waals surface area contributed by atoms with Crippen LogP contribution in [0.1, 0.15) is 50.4 Å². The lowest BCUT2D eigenvalue weighted by Crippen LogP contribution is -2.74. The van der Waals surface area contributed by atoms with Gasteiger partial charge in [0, 0.05) is 0 Å². The number of nitrogens with one attached hydrogen (secondary N) is 2. The average Bonchev–Trinajstić information content (AvgIpc) is 3.18. The number of carbonyl (C=O) groups excluding carboxylic acids is 6. The van der Waals surface area contributed by atoms with Crippen LogP contribution in [0, 0.1) is 5.41 Å². The van der Waals surface area contributed by atoms with E-state index in [1.54, 1.807) is 75.4 Å². The molecule has 2 aliphatic rings. The molecule has 2 heterocycles. The summed E-state index contributed by atoms with van der Waals surface area (Å²) in [5.74, 6) is -3.62. The zero-order valence-corrected chi connectivity index (χ0v) is 31.4. The second kappa shape index (κ2) is 17.7. The first-order valence-corrected chi connectivity index (χ1v) is 18.2. The Bertz CT molecular complexity index is 2110. The zero-order chi connectivity index (χ0) is 40.6. The van der Waals surface area contributed by atoms with E-state index >= 15 is 0 Å². The van der Waals surface area contributed by atoms with E-state index in [4.69, 9.17) is 23.7 Å². The van der Waals surface area contributed by atoms with Crippen molar-refractivity contribution in [1.29, 1.82) is 0 Å². The van der Waals surface area contributed by atoms with E-state index in [1.807, 2.05) is 6.07 Å². The molecule has 3 unspecified atom stereocenters. The molecule has 3 amide bonds. The Labute approximate surface area is 322 Å². The average molecular weight is 788 g/mol. The highest BCUT2D eigenvalue weighted by Gasteiger charge is 2.61. The molecule has 2 N–H and O–H groups in total. The van der Waals surface area contributed by atoms with Gasteiger partial charge >= 0.3 is 29.2 Å². The van der Waals surface area contributed by atoms with Crippen molar-refractivity contribution in [1.82, 2.24) is 15.5 Å². The summed E-state index contributed by atoms with van der Waals surface area (Å²) in [4.78, 5) is 81.9. The number of fused-ring (bicyclic) bond motifs is 1. The van der Waals surface area contributed by atoms with Gasteiger partial charge in [-0.3, -0.25) is 19.3 Å². The van der Waals surface area contributed by atoms with E-state index in [2.05, 4.69) is 15.4 Å². The zero-order valence-electron chi connectivity index (χ0n) is 30.6. The van der Waals surface area contributed by atoms with Crippen molar-refractivity contribution in [3.63, 3.8) is 0 Å². The van der Waals surface area contributed by atoms with Crippen LogP contribution >= 0.6 is 0 Å². The highest BCUT2D eigenvalue weighted by molar-refractivity contribution is 8.01. The summed E-state index contributed by atoms with van der Waals surface area (Å²) in [6.07, 6.45) is -2.00. The quantitative estimate of drug-likeness (QED) is 0.0508. The van der Waals surface area contributed by atoms with Gasteiger partial charge in [-0.1, -0.05) is 72.8 Å². The van der Waals surface area contributed by atoms with Crippen molar-refractivity contribution in [2.75, 3.05) is 6.79 Å². The van der Waals surface area contributed by atoms with E-state index in [-0.39, 0.29) is 30.1 Å². The maximum atomic E-state index is 13.9. The largest absolute Gasteiger partial charge is 0.514 e. The molecule has 0 bridgehead atoms. The molecule has 1 saturated heterocycles. The minimum absolute atomic E-state index is 0.0331. The smallest absolute Gasteiger partial charge is 0.445 e. The molecule has 0 spiro atoms. The summed E-state index contributed by atoms with van der Waals surface area (Å²) >= 11 is 0. The lowest BCUT2D eigenvalue weighted by Gasteiger charge is -2.47. The van der Waals surface area contributed by atoms with Gasteiger partial charge in [0.1, 0.15) is 36.7 Å². The number of carbonyl (C=O) groups is 6. The first kappa shape index (κ1) is 40.5. The van der Waals surface area contributed by atoms with Crippen LogP contribution in [0.2, 0.25) is 0 Å². The SMILES string of the molecule is CC1=C(C(=O)OCOC(=O)C(C)(C)C)N2C(=O)C(NC(=O)C(NC(=O)OCc3ccccc3)c3ccc(OC(=O)OCc4ccccc4)cc3)[C@H]2S(=O)C1=[N+]=[N-]. The minimum Gasteiger partial charge on any atom is -0.445 e. The fraction of sp³-hybridized carbons (Fsp3) is 0.289. The van der Waals surface area contributed by atoms with E-state index in [9.17, 15) is 38.5 Å². The maximum Gasteiger partial charge on any atom is 0.514 e. The van der Waals surface area contributed by atoms with Crippen LogP contribution in [0.3, 0.4) is 0 Å². The van der Waals surface area contributed by atoms with Gasteiger partial charge in [-0.2, -0.15) is 4.79 Å². The van der Waals surface area contributed by atoms with E-state index < -0.39 is 87.2 Å². The van der Waals surface area contributed by atoms with Gasteiger partial charge in [-0.15, -0.1) is 0 Å². The lowest BCUT2D eigenvalue weighted by atomic mass is 9.98. The fourth-order valence-corrected chi connectivity index (χ4v) is 6.92. The second-order valence-corrected chi connectivity index (χ2v) is 14.8.